The van der Waals surface area contributed by atoms with Crippen molar-refractivity contribution >= 4 is 24.0 Å². The summed E-state index contributed by atoms with van der Waals surface area (Å²) in [6, 6.07) is 0. The van der Waals surface area contributed by atoms with Gasteiger partial charge in [-0.25, -0.2) is 0 Å². The molecular weight excluding hydrogens is 109 g/mol. The van der Waals surface area contributed by atoms with E-state index in [1.165, 1.54) is 0 Å². The van der Waals surface area contributed by atoms with E-state index in [-0.39, 0.29) is 12.4 Å². The molecule has 0 saturated carbocycles. The summed E-state index contributed by atoms with van der Waals surface area (Å²) >= 11 is 5.27. The summed E-state index contributed by atoms with van der Waals surface area (Å²) in [5, 5.41) is 2.86. The average molecular weight is 114 g/mol. The first-order chi connectivity index (χ1) is 1.89. The lowest BCUT2D eigenvalue weighted by Crippen LogP contribution is -1.67. The fourth-order valence-corrected chi connectivity index (χ4v) is 0.134. The third-order valence-electron chi connectivity index (χ3n) is 0.358. The lowest BCUT2D eigenvalue weighted by Gasteiger charge is -1.50. The minimum atomic E-state index is 0. The van der Waals surface area contributed by atoms with Crippen molar-refractivity contribution in [2.24, 2.45) is 0 Å². The fourth-order valence-electron chi connectivity index (χ4n) is 0.0445. The van der Waals surface area contributed by atoms with Gasteiger partial charge in [-0.3, -0.25) is 5.32 Å². The van der Waals surface area contributed by atoms with E-state index >= 15 is 0 Å². The first-order valence-corrected chi connectivity index (χ1v) is 1.71. The van der Waals surface area contributed by atoms with Crippen molar-refractivity contribution in [3.8, 4) is 0 Å². The van der Waals surface area contributed by atoms with E-state index < -0.39 is 0 Å². The lowest BCUT2D eigenvalue weighted by molar-refractivity contribution is 1.30. The van der Waals surface area contributed by atoms with Crippen molar-refractivity contribution in [1.82, 2.24) is 5.32 Å². The van der Waals surface area contributed by atoms with Crippen molar-refractivity contribution in [3.05, 3.63) is 0 Å². The molecule has 0 aromatic rings. The standard InChI is InChI=1S/C2H4ClN.ClH/c3-2-1-4-2;/h2,4H,1H2;1H. The van der Waals surface area contributed by atoms with Crippen LogP contribution in [0.4, 0.5) is 0 Å². The number of halogens is 2. The quantitative estimate of drug-likeness (QED) is 0.277. The van der Waals surface area contributed by atoms with Crippen LogP contribution in [0.5, 0.6) is 0 Å². The molecule has 1 nitrogen and oxygen atoms in total. The fraction of sp³-hybridized carbons (Fsp3) is 1.00. The Kier molecular flexibility index (Phi) is 2.05. The van der Waals surface area contributed by atoms with Gasteiger partial charge in [-0.05, 0) is 0 Å². The molecule has 1 rings (SSSR count). The van der Waals surface area contributed by atoms with Gasteiger partial charge in [-0.1, -0.05) is 0 Å². The van der Waals surface area contributed by atoms with Gasteiger partial charge in [0.1, 0.15) is 0 Å². The molecule has 1 N–H and O–H groups in total. The van der Waals surface area contributed by atoms with Crippen molar-refractivity contribution in [2.45, 2.75) is 5.50 Å². The Morgan fingerprint density at radius 3 is 2.00 bits per heavy atom. The van der Waals surface area contributed by atoms with Crippen LogP contribution in [0.15, 0.2) is 0 Å². The summed E-state index contributed by atoms with van der Waals surface area (Å²) < 4.78 is 0. The molecule has 32 valence electrons. The minimum absolute atomic E-state index is 0. The topological polar surface area (TPSA) is 21.9 Å². The van der Waals surface area contributed by atoms with Gasteiger partial charge in [-0.2, -0.15) is 0 Å². The molecule has 0 aromatic carbocycles. The summed E-state index contributed by atoms with van der Waals surface area (Å²) in [7, 11) is 0. The van der Waals surface area contributed by atoms with Gasteiger partial charge in [0.2, 0.25) is 0 Å². The first-order valence-electron chi connectivity index (χ1n) is 1.27. The van der Waals surface area contributed by atoms with Crippen LogP contribution in [-0.2, 0) is 0 Å². The lowest BCUT2D eigenvalue weighted by atomic mass is 11.0. The molecule has 0 spiro atoms. The highest BCUT2D eigenvalue weighted by Gasteiger charge is 2.13. The number of alkyl halides is 1. The molecule has 0 bridgehead atoms. The molecule has 0 amide bonds. The third kappa shape index (κ3) is 2.34. The highest BCUT2D eigenvalue weighted by Crippen LogP contribution is 1.98. The van der Waals surface area contributed by atoms with Crippen LogP contribution in [0.2, 0.25) is 0 Å². The van der Waals surface area contributed by atoms with E-state index in [4.69, 9.17) is 11.6 Å². The monoisotopic (exact) mass is 113 g/mol. The predicted molar refractivity (Wildman–Crippen MR) is 24.9 cm³/mol. The summed E-state index contributed by atoms with van der Waals surface area (Å²) in [6.45, 7) is 1.00. The van der Waals surface area contributed by atoms with E-state index in [1.807, 2.05) is 0 Å². The molecule has 1 fully saturated rings. The molecule has 1 saturated heterocycles. The Hall–Kier alpha value is 0.540. The van der Waals surface area contributed by atoms with Crippen LogP contribution in [0.3, 0.4) is 0 Å². The number of nitrogens with one attached hydrogen (secondary N) is 1. The maximum Gasteiger partial charge on any atom is 0.0953 e. The van der Waals surface area contributed by atoms with E-state index in [2.05, 4.69) is 5.32 Å². The van der Waals surface area contributed by atoms with E-state index in [0.29, 0.717) is 5.50 Å². The molecule has 1 atom stereocenters. The van der Waals surface area contributed by atoms with Crippen LogP contribution in [-0.4, -0.2) is 12.0 Å². The Bertz CT molecular complexity index is 26.8. The zero-order valence-corrected chi connectivity index (χ0v) is 4.14. The van der Waals surface area contributed by atoms with Gasteiger partial charge < -0.3 is 0 Å². The Morgan fingerprint density at radius 1 is 1.80 bits per heavy atom. The molecular formula is C2H5Cl2N. The first kappa shape index (κ1) is 5.54. The van der Waals surface area contributed by atoms with Crippen molar-refractivity contribution in [1.29, 1.82) is 0 Å². The molecule has 1 unspecified atom stereocenters. The summed E-state index contributed by atoms with van der Waals surface area (Å²) in [5.74, 6) is 0. The second kappa shape index (κ2) is 1.85. The van der Waals surface area contributed by atoms with Gasteiger partial charge in [0.15, 0.2) is 0 Å². The van der Waals surface area contributed by atoms with Gasteiger partial charge in [0.25, 0.3) is 0 Å². The van der Waals surface area contributed by atoms with Gasteiger partial charge >= 0.3 is 0 Å². The third-order valence-corrected chi connectivity index (χ3v) is 0.667. The second-order valence-corrected chi connectivity index (χ2v) is 1.40. The Morgan fingerprint density at radius 2 is 2.00 bits per heavy atom. The molecule has 1 aliphatic heterocycles. The van der Waals surface area contributed by atoms with Gasteiger partial charge in [0.05, 0.1) is 5.50 Å². The van der Waals surface area contributed by atoms with Crippen LogP contribution in [0.25, 0.3) is 0 Å². The van der Waals surface area contributed by atoms with E-state index in [9.17, 15) is 0 Å². The van der Waals surface area contributed by atoms with Crippen LogP contribution in [0, 0.1) is 0 Å². The molecule has 0 aliphatic carbocycles. The van der Waals surface area contributed by atoms with Crippen molar-refractivity contribution < 1.29 is 0 Å². The maximum absolute atomic E-state index is 5.27. The molecule has 5 heavy (non-hydrogen) atoms. The summed E-state index contributed by atoms with van der Waals surface area (Å²) in [6.07, 6.45) is 0. The predicted octanol–water partition coefficient (Wildman–Crippen LogP) is 0.576. The van der Waals surface area contributed by atoms with Crippen molar-refractivity contribution in [2.75, 3.05) is 6.54 Å². The molecule has 0 radical (unpaired) electrons. The molecule has 3 heteroatoms. The molecule has 1 aliphatic rings. The summed E-state index contributed by atoms with van der Waals surface area (Å²) in [5.41, 5.74) is 0.306. The van der Waals surface area contributed by atoms with Crippen LogP contribution in [0.1, 0.15) is 0 Å². The Balaban J connectivity index is 0.000000160. The largest absolute Gasteiger partial charge is 0.297 e. The number of hydrogen-bond donors (Lipinski definition) is 1. The number of rotatable bonds is 0. The normalized spacial score (nSPS) is 31.8. The zero-order valence-electron chi connectivity index (χ0n) is 2.57. The zero-order chi connectivity index (χ0) is 2.99. The van der Waals surface area contributed by atoms with Crippen LogP contribution < -0.4 is 5.32 Å². The Labute approximate surface area is 42.1 Å². The average Bonchev–Trinajstić information content (AvgIpc) is 1.75. The van der Waals surface area contributed by atoms with Gasteiger partial charge in [-0.15, -0.1) is 24.0 Å². The number of hydrogen-bond acceptors (Lipinski definition) is 1. The highest BCUT2D eigenvalue weighted by molar-refractivity contribution is 6.22. The van der Waals surface area contributed by atoms with E-state index in [0.717, 1.165) is 6.54 Å². The SMILES string of the molecule is Cl.ClC1CN1. The van der Waals surface area contributed by atoms with Gasteiger partial charge in [0, 0.05) is 6.54 Å². The minimum Gasteiger partial charge on any atom is -0.297 e. The summed E-state index contributed by atoms with van der Waals surface area (Å²) in [4.78, 5) is 0. The molecule has 0 aromatic heterocycles. The second-order valence-electron chi connectivity index (χ2n) is 0.876. The highest BCUT2D eigenvalue weighted by atomic mass is 35.5. The maximum atomic E-state index is 5.27. The van der Waals surface area contributed by atoms with Crippen molar-refractivity contribution in [3.63, 3.8) is 0 Å². The van der Waals surface area contributed by atoms with E-state index in [1.54, 1.807) is 0 Å². The molecule has 1 heterocycles. The van der Waals surface area contributed by atoms with Crippen LogP contribution >= 0.6 is 24.0 Å². The smallest absolute Gasteiger partial charge is 0.0953 e.